The summed E-state index contributed by atoms with van der Waals surface area (Å²) in [5, 5.41) is 15.1. The summed E-state index contributed by atoms with van der Waals surface area (Å²) in [7, 11) is 0. The molecule has 1 fully saturated rings. The second-order valence-corrected chi connectivity index (χ2v) is 9.12. The van der Waals surface area contributed by atoms with Crippen LogP contribution in [-0.2, 0) is 23.2 Å². The van der Waals surface area contributed by atoms with Crippen LogP contribution < -0.4 is 5.56 Å². The second kappa shape index (κ2) is 7.34. The highest BCUT2D eigenvalue weighted by atomic mass is 35.5. The number of H-pyrrole nitrogens is 1. The van der Waals surface area contributed by atoms with Gasteiger partial charge in [-0.25, -0.2) is 4.98 Å². The van der Waals surface area contributed by atoms with E-state index in [-0.39, 0.29) is 17.5 Å². The lowest BCUT2D eigenvalue weighted by molar-refractivity contribution is -0.141. The molecule has 154 valence electrons. The summed E-state index contributed by atoms with van der Waals surface area (Å²) in [5.41, 5.74) is 2.50. The van der Waals surface area contributed by atoms with Gasteiger partial charge in [-0.15, -0.1) is 0 Å². The van der Waals surface area contributed by atoms with E-state index in [2.05, 4.69) is 16.4 Å². The lowest BCUT2D eigenvalue weighted by atomic mass is 9.97. The number of amides is 1. The third-order valence-electron chi connectivity index (χ3n) is 6.06. The van der Waals surface area contributed by atoms with Crippen LogP contribution in [0.2, 0.25) is 5.02 Å². The molecule has 2 aliphatic rings. The van der Waals surface area contributed by atoms with Crippen LogP contribution in [0.15, 0.2) is 45.9 Å². The third-order valence-corrected chi connectivity index (χ3v) is 6.97. The van der Waals surface area contributed by atoms with Crippen molar-refractivity contribution in [2.24, 2.45) is 0 Å². The number of aliphatic hydroxyl groups excluding tert-OH is 1. The molecule has 0 radical (unpaired) electrons. The molecular weight excluding hydrogens is 422 g/mol. The molecule has 0 bridgehead atoms. The minimum Gasteiger partial charge on any atom is -0.378 e. The van der Waals surface area contributed by atoms with E-state index < -0.39 is 12.0 Å². The van der Waals surface area contributed by atoms with E-state index in [4.69, 9.17) is 16.6 Å². The normalized spacial score (nSPS) is 18.0. The van der Waals surface area contributed by atoms with Crippen molar-refractivity contribution in [3.05, 3.63) is 84.7 Å². The number of nitrogens with one attached hydrogen (secondary N) is 1. The van der Waals surface area contributed by atoms with E-state index in [9.17, 15) is 14.7 Å². The number of aromatic nitrogens is 2. The van der Waals surface area contributed by atoms with Crippen LogP contribution in [0.5, 0.6) is 0 Å². The van der Waals surface area contributed by atoms with Crippen LogP contribution in [0.1, 0.15) is 47.2 Å². The number of thiophene rings is 1. The van der Waals surface area contributed by atoms with Crippen molar-refractivity contribution in [2.75, 3.05) is 6.54 Å². The molecule has 1 aromatic carbocycles. The molecular formula is C22H20ClN3O3S. The summed E-state index contributed by atoms with van der Waals surface area (Å²) in [4.78, 5) is 35.0. The Morgan fingerprint density at radius 3 is 2.87 bits per heavy atom. The molecule has 6 nitrogen and oxygen atoms in total. The average Bonchev–Trinajstić information content (AvgIpc) is 3.38. The minimum absolute atomic E-state index is 0.139. The smallest absolute Gasteiger partial charge is 0.256 e. The number of fused-ring (bicyclic) bond motifs is 1. The molecule has 2 N–H and O–H groups in total. The molecule has 2 aromatic heterocycles. The third kappa shape index (κ3) is 3.27. The van der Waals surface area contributed by atoms with Crippen molar-refractivity contribution < 1.29 is 9.90 Å². The van der Waals surface area contributed by atoms with Gasteiger partial charge in [0, 0.05) is 18.0 Å². The molecule has 3 aromatic rings. The Morgan fingerprint density at radius 2 is 2.17 bits per heavy atom. The zero-order valence-electron chi connectivity index (χ0n) is 16.1. The Balaban J connectivity index is 1.40. The molecule has 1 aliphatic carbocycles. The molecule has 1 saturated carbocycles. The second-order valence-electron chi connectivity index (χ2n) is 7.90. The van der Waals surface area contributed by atoms with E-state index >= 15 is 0 Å². The first-order valence-corrected chi connectivity index (χ1v) is 11.2. The summed E-state index contributed by atoms with van der Waals surface area (Å²) >= 11 is 7.62. The maximum absolute atomic E-state index is 12.9. The van der Waals surface area contributed by atoms with Crippen molar-refractivity contribution in [3.63, 3.8) is 0 Å². The number of halogens is 1. The summed E-state index contributed by atoms with van der Waals surface area (Å²) < 4.78 is 0. The maximum Gasteiger partial charge on any atom is 0.256 e. The van der Waals surface area contributed by atoms with Gasteiger partial charge in [0.15, 0.2) is 6.10 Å². The number of benzene rings is 1. The highest BCUT2D eigenvalue weighted by Gasteiger charge is 2.49. The van der Waals surface area contributed by atoms with Gasteiger partial charge in [0.1, 0.15) is 5.82 Å². The molecule has 30 heavy (non-hydrogen) atoms. The van der Waals surface area contributed by atoms with E-state index in [0.717, 1.165) is 24.4 Å². The van der Waals surface area contributed by atoms with E-state index in [1.165, 1.54) is 10.5 Å². The number of hydrogen-bond acceptors (Lipinski definition) is 5. The van der Waals surface area contributed by atoms with Crippen molar-refractivity contribution in [1.29, 1.82) is 0 Å². The predicted molar refractivity (Wildman–Crippen MR) is 115 cm³/mol. The molecule has 0 unspecified atom stereocenters. The predicted octanol–water partition coefficient (Wildman–Crippen LogP) is 3.18. The van der Waals surface area contributed by atoms with Gasteiger partial charge in [-0.05, 0) is 52.9 Å². The van der Waals surface area contributed by atoms with Gasteiger partial charge in [-0.2, -0.15) is 11.3 Å². The Kier molecular flexibility index (Phi) is 4.76. The van der Waals surface area contributed by atoms with Gasteiger partial charge in [0.25, 0.3) is 11.5 Å². The zero-order valence-corrected chi connectivity index (χ0v) is 17.7. The number of carbonyl (C=O) groups excluding carboxylic acids is 1. The fourth-order valence-electron chi connectivity index (χ4n) is 4.16. The Morgan fingerprint density at radius 1 is 1.33 bits per heavy atom. The van der Waals surface area contributed by atoms with E-state index in [1.54, 1.807) is 35.6 Å². The molecule has 0 saturated heterocycles. The fourth-order valence-corrected chi connectivity index (χ4v) is 5.11. The summed E-state index contributed by atoms with van der Waals surface area (Å²) in [6.07, 6.45) is 1.12. The maximum atomic E-state index is 12.9. The summed E-state index contributed by atoms with van der Waals surface area (Å²) in [6, 6.07) is 8.70. The fraction of sp³-hybridized carbons (Fsp3) is 0.318. The quantitative estimate of drug-likeness (QED) is 0.651. The summed E-state index contributed by atoms with van der Waals surface area (Å²) in [5.74, 6) is 0.284. The lowest BCUT2D eigenvalue weighted by Gasteiger charge is -2.30. The number of nitrogens with zero attached hydrogens (tertiary/aromatic N) is 2. The monoisotopic (exact) mass is 441 g/mol. The van der Waals surface area contributed by atoms with E-state index in [0.29, 0.717) is 29.1 Å². The van der Waals surface area contributed by atoms with Crippen molar-refractivity contribution >= 4 is 28.8 Å². The average molecular weight is 442 g/mol. The minimum atomic E-state index is -1.31. The van der Waals surface area contributed by atoms with Gasteiger partial charge >= 0.3 is 0 Å². The molecule has 8 heteroatoms. The Bertz CT molecular complexity index is 1170. The summed E-state index contributed by atoms with van der Waals surface area (Å²) in [6.45, 7) is 0.546. The zero-order chi connectivity index (χ0) is 20.9. The molecule has 1 atom stereocenters. The Hall–Kier alpha value is -2.48. The molecule has 3 heterocycles. The van der Waals surface area contributed by atoms with Gasteiger partial charge in [-0.3, -0.25) is 9.59 Å². The first-order chi connectivity index (χ1) is 14.5. The lowest BCUT2D eigenvalue weighted by Crippen LogP contribution is -2.42. The number of aliphatic hydroxyl groups is 1. The number of rotatable bonds is 4. The molecule has 5 rings (SSSR count). The van der Waals surface area contributed by atoms with Gasteiger partial charge in [0.2, 0.25) is 0 Å². The first-order valence-electron chi connectivity index (χ1n) is 9.85. The number of hydrogen-bond donors (Lipinski definition) is 2. The first kappa shape index (κ1) is 19.5. The standard InChI is InChI=1S/C22H20ClN3O3S/c23-15-3-1-2-13(10-15)18(27)20(29)26-8-4-17-16(11-26)19(28)25-21(24-17)22(6-7-22)14-5-9-30-12-14/h1-3,5,9-10,12,18,27H,4,6-8,11H2,(H,24,25,28)/t18-/m1/s1. The molecule has 1 amide bonds. The van der Waals surface area contributed by atoms with Crippen LogP contribution in [0.3, 0.4) is 0 Å². The topological polar surface area (TPSA) is 86.3 Å². The number of carbonyl (C=O) groups is 1. The number of aromatic amines is 1. The SMILES string of the molecule is O=C([C@H](O)c1cccc(Cl)c1)N1CCc2nc(C3(c4ccsc4)CC3)[nH]c(=O)c2C1. The molecule has 1 aliphatic heterocycles. The van der Waals surface area contributed by atoms with Crippen LogP contribution >= 0.6 is 22.9 Å². The van der Waals surface area contributed by atoms with Crippen LogP contribution in [0.25, 0.3) is 0 Å². The molecule has 0 spiro atoms. The highest BCUT2D eigenvalue weighted by Crippen LogP contribution is 2.52. The van der Waals surface area contributed by atoms with Crippen molar-refractivity contribution in [1.82, 2.24) is 14.9 Å². The van der Waals surface area contributed by atoms with E-state index in [1.807, 2.05) is 5.38 Å². The van der Waals surface area contributed by atoms with Crippen molar-refractivity contribution in [3.8, 4) is 0 Å². The van der Waals surface area contributed by atoms with Crippen LogP contribution in [0, 0.1) is 0 Å². The van der Waals surface area contributed by atoms with Crippen LogP contribution in [-0.4, -0.2) is 32.4 Å². The van der Waals surface area contributed by atoms with Gasteiger partial charge in [0.05, 0.1) is 23.2 Å². The Labute approximate surface area is 182 Å². The van der Waals surface area contributed by atoms with Gasteiger partial charge in [-0.1, -0.05) is 23.7 Å². The highest BCUT2D eigenvalue weighted by molar-refractivity contribution is 7.08. The largest absolute Gasteiger partial charge is 0.378 e. The van der Waals surface area contributed by atoms with Crippen LogP contribution in [0.4, 0.5) is 0 Å². The van der Waals surface area contributed by atoms with Crippen molar-refractivity contribution in [2.45, 2.75) is 37.3 Å². The van der Waals surface area contributed by atoms with Gasteiger partial charge < -0.3 is 15.0 Å².